The minimum absolute atomic E-state index is 0.0387. The summed E-state index contributed by atoms with van der Waals surface area (Å²) < 4.78 is 33.7. The zero-order valence-electron chi connectivity index (χ0n) is 8.57. The number of benzene rings is 1. The number of hydrogen-bond donors (Lipinski definition) is 1. The van der Waals surface area contributed by atoms with Crippen LogP contribution in [0.4, 0.5) is 3.89 Å². The van der Waals surface area contributed by atoms with Crippen molar-refractivity contribution in [3.63, 3.8) is 0 Å². The van der Waals surface area contributed by atoms with Gasteiger partial charge in [-0.25, -0.2) is 0 Å². The van der Waals surface area contributed by atoms with Crippen LogP contribution < -0.4 is 0 Å². The number of aromatic hydroxyl groups is 1. The van der Waals surface area contributed by atoms with Crippen molar-refractivity contribution in [2.45, 2.75) is 19.3 Å². The summed E-state index contributed by atoms with van der Waals surface area (Å²) in [5, 5.41) is 9.23. The Hall–Kier alpha value is -1.10. The number of phenolic OH excluding ortho intramolecular Hbond substituents is 1. The van der Waals surface area contributed by atoms with E-state index in [1.165, 1.54) is 12.1 Å². The second-order valence-electron chi connectivity index (χ2n) is 4.12. The van der Waals surface area contributed by atoms with E-state index in [-0.39, 0.29) is 5.75 Å². The zero-order valence-corrected chi connectivity index (χ0v) is 9.38. The lowest BCUT2D eigenvalue weighted by molar-refractivity contribution is 0.469. The molecule has 0 unspecified atom stereocenters. The maximum atomic E-state index is 12.6. The lowest BCUT2D eigenvalue weighted by Gasteiger charge is -2.22. The highest BCUT2D eigenvalue weighted by atomic mass is 32.3. The third kappa shape index (κ3) is 3.51. The number of rotatable bonds is 3. The largest absolute Gasteiger partial charge is 0.508 e. The van der Waals surface area contributed by atoms with Crippen LogP contribution in [0.1, 0.15) is 19.4 Å². The summed E-state index contributed by atoms with van der Waals surface area (Å²) in [7, 11) is -4.52. The molecule has 15 heavy (non-hydrogen) atoms. The van der Waals surface area contributed by atoms with E-state index < -0.39 is 21.4 Å². The summed E-state index contributed by atoms with van der Waals surface area (Å²) >= 11 is 0. The predicted molar refractivity (Wildman–Crippen MR) is 56.0 cm³/mol. The van der Waals surface area contributed by atoms with E-state index >= 15 is 0 Å². The van der Waals surface area contributed by atoms with E-state index in [0.29, 0.717) is 5.56 Å². The van der Waals surface area contributed by atoms with Crippen molar-refractivity contribution in [1.29, 1.82) is 0 Å². The van der Waals surface area contributed by atoms with Gasteiger partial charge in [0.2, 0.25) is 0 Å². The first-order valence-electron chi connectivity index (χ1n) is 4.42. The molecule has 1 N–H and O–H groups in total. The van der Waals surface area contributed by atoms with Crippen LogP contribution in [0.5, 0.6) is 5.75 Å². The van der Waals surface area contributed by atoms with E-state index in [9.17, 15) is 17.4 Å². The summed E-state index contributed by atoms with van der Waals surface area (Å²) in [5.74, 6) is -0.555. The fourth-order valence-corrected chi connectivity index (χ4v) is 2.47. The fourth-order valence-electron chi connectivity index (χ4n) is 1.44. The lowest BCUT2D eigenvalue weighted by Crippen LogP contribution is -2.26. The zero-order chi connectivity index (χ0) is 11.7. The Labute approximate surface area is 88.8 Å². The molecule has 0 aliphatic heterocycles. The van der Waals surface area contributed by atoms with Crippen molar-refractivity contribution in [3.05, 3.63) is 29.8 Å². The SMILES string of the molecule is CC(C)(CS(=O)(=O)F)c1cccc(O)c1. The van der Waals surface area contributed by atoms with Crippen molar-refractivity contribution in [2.75, 3.05) is 5.75 Å². The molecule has 3 nitrogen and oxygen atoms in total. The van der Waals surface area contributed by atoms with Crippen LogP contribution in [0.2, 0.25) is 0 Å². The molecule has 1 rings (SSSR count). The topological polar surface area (TPSA) is 54.4 Å². The fraction of sp³-hybridized carbons (Fsp3) is 0.400. The van der Waals surface area contributed by atoms with Crippen LogP contribution in [0, 0.1) is 0 Å². The van der Waals surface area contributed by atoms with Gasteiger partial charge in [0.15, 0.2) is 0 Å². The van der Waals surface area contributed by atoms with Crippen molar-refractivity contribution in [2.24, 2.45) is 0 Å². The summed E-state index contributed by atoms with van der Waals surface area (Å²) in [6.45, 7) is 3.22. The van der Waals surface area contributed by atoms with Crippen molar-refractivity contribution >= 4 is 10.2 Å². The first kappa shape index (κ1) is 12.0. The van der Waals surface area contributed by atoms with Gasteiger partial charge >= 0.3 is 10.2 Å². The summed E-state index contributed by atoms with van der Waals surface area (Å²) in [5.41, 5.74) is -0.268. The van der Waals surface area contributed by atoms with Gasteiger partial charge in [0, 0.05) is 5.41 Å². The minimum atomic E-state index is -4.52. The lowest BCUT2D eigenvalue weighted by atomic mass is 9.87. The van der Waals surface area contributed by atoms with Gasteiger partial charge < -0.3 is 5.11 Å². The Bertz CT molecular complexity index is 451. The van der Waals surface area contributed by atoms with Crippen LogP contribution in [-0.2, 0) is 15.6 Å². The molecule has 0 fully saturated rings. The Kier molecular flexibility index (Phi) is 3.04. The molecule has 0 amide bonds. The summed E-state index contributed by atoms with van der Waals surface area (Å²) in [4.78, 5) is 0. The van der Waals surface area contributed by atoms with Crippen LogP contribution in [0.25, 0.3) is 0 Å². The standard InChI is InChI=1S/C10H13FO3S/c1-10(2,7-15(11,13)14)8-4-3-5-9(12)6-8/h3-6,12H,7H2,1-2H3. The molecule has 0 radical (unpaired) electrons. The van der Waals surface area contributed by atoms with E-state index in [2.05, 4.69) is 0 Å². The second kappa shape index (κ2) is 3.81. The van der Waals surface area contributed by atoms with Crippen molar-refractivity contribution in [3.8, 4) is 5.75 Å². The molecule has 0 aliphatic rings. The number of halogens is 1. The molecule has 1 aromatic rings. The average molecular weight is 232 g/mol. The molecule has 1 aromatic carbocycles. The summed E-state index contributed by atoms with van der Waals surface area (Å²) in [6, 6.07) is 6.16. The molecular weight excluding hydrogens is 219 g/mol. The molecule has 5 heteroatoms. The van der Waals surface area contributed by atoms with Gasteiger partial charge in [-0.1, -0.05) is 26.0 Å². The molecule has 0 heterocycles. The Balaban J connectivity index is 3.06. The van der Waals surface area contributed by atoms with Gasteiger partial charge in [0.25, 0.3) is 0 Å². The van der Waals surface area contributed by atoms with Gasteiger partial charge in [0.05, 0.1) is 5.75 Å². The molecule has 0 atom stereocenters. The van der Waals surface area contributed by atoms with Crippen molar-refractivity contribution in [1.82, 2.24) is 0 Å². The van der Waals surface area contributed by atoms with Crippen LogP contribution in [0.3, 0.4) is 0 Å². The Morgan fingerprint density at radius 1 is 1.40 bits per heavy atom. The molecule has 84 valence electrons. The van der Waals surface area contributed by atoms with Gasteiger partial charge in [-0.15, -0.1) is 3.89 Å². The van der Waals surface area contributed by atoms with Gasteiger partial charge in [-0.3, -0.25) is 0 Å². The first-order chi connectivity index (χ1) is 6.71. The van der Waals surface area contributed by atoms with E-state index in [0.717, 1.165) is 0 Å². The second-order valence-corrected chi connectivity index (χ2v) is 5.48. The molecular formula is C10H13FO3S. The number of hydrogen-bond acceptors (Lipinski definition) is 3. The highest BCUT2D eigenvalue weighted by Crippen LogP contribution is 2.27. The maximum Gasteiger partial charge on any atom is 0.303 e. The first-order valence-corrected chi connectivity index (χ1v) is 5.98. The minimum Gasteiger partial charge on any atom is -0.508 e. The van der Waals surface area contributed by atoms with E-state index in [4.69, 9.17) is 0 Å². The predicted octanol–water partition coefficient (Wildman–Crippen LogP) is 1.97. The van der Waals surface area contributed by atoms with Crippen LogP contribution in [-0.4, -0.2) is 19.3 Å². The monoisotopic (exact) mass is 232 g/mol. The quantitative estimate of drug-likeness (QED) is 0.810. The maximum absolute atomic E-state index is 12.6. The van der Waals surface area contributed by atoms with Crippen LogP contribution >= 0.6 is 0 Å². The molecule has 0 saturated carbocycles. The Morgan fingerprint density at radius 2 is 2.00 bits per heavy atom. The molecule has 0 aliphatic carbocycles. The Morgan fingerprint density at radius 3 is 2.47 bits per heavy atom. The van der Waals surface area contributed by atoms with Crippen LogP contribution in [0.15, 0.2) is 24.3 Å². The van der Waals surface area contributed by atoms with Gasteiger partial charge in [-0.05, 0) is 17.7 Å². The van der Waals surface area contributed by atoms with E-state index in [1.54, 1.807) is 26.0 Å². The molecule has 0 aromatic heterocycles. The average Bonchev–Trinajstić information content (AvgIpc) is 1.99. The van der Waals surface area contributed by atoms with Gasteiger partial charge in [-0.2, -0.15) is 8.42 Å². The summed E-state index contributed by atoms with van der Waals surface area (Å²) in [6.07, 6.45) is 0. The molecule has 0 spiro atoms. The highest BCUT2D eigenvalue weighted by Gasteiger charge is 2.28. The normalized spacial score (nSPS) is 12.7. The smallest absolute Gasteiger partial charge is 0.303 e. The number of phenols is 1. The highest BCUT2D eigenvalue weighted by molar-refractivity contribution is 7.86. The molecule has 0 bridgehead atoms. The van der Waals surface area contributed by atoms with Crippen molar-refractivity contribution < 1.29 is 17.4 Å². The van der Waals surface area contributed by atoms with E-state index in [1.807, 2.05) is 0 Å². The third-order valence-electron chi connectivity index (χ3n) is 2.16. The third-order valence-corrected chi connectivity index (χ3v) is 3.23. The van der Waals surface area contributed by atoms with Gasteiger partial charge in [0.1, 0.15) is 5.75 Å². The molecule has 0 saturated heterocycles.